The lowest BCUT2D eigenvalue weighted by atomic mass is 10.2. The molecule has 0 radical (unpaired) electrons. The average molecular weight is 281 g/mol. The molecule has 2 rings (SSSR count). The summed E-state index contributed by atoms with van der Waals surface area (Å²) in [5, 5.41) is 7.51. The van der Waals surface area contributed by atoms with Gasteiger partial charge in [-0.1, -0.05) is 0 Å². The van der Waals surface area contributed by atoms with E-state index in [2.05, 4.69) is 36.9 Å². The van der Waals surface area contributed by atoms with E-state index in [1.165, 1.54) is 18.6 Å². The highest BCUT2D eigenvalue weighted by atomic mass is 32.2. The summed E-state index contributed by atoms with van der Waals surface area (Å²) in [5.41, 5.74) is 0. The van der Waals surface area contributed by atoms with Crippen LogP contribution < -0.4 is 10.6 Å². The van der Waals surface area contributed by atoms with Crippen LogP contribution in [-0.4, -0.2) is 46.7 Å². The van der Waals surface area contributed by atoms with Gasteiger partial charge in [0.1, 0.15) is 0 Å². The van der Waals surface area contributed by atoms with Crippen LogP contribution in [0.25, 0.3) is 0 Å². The first-order chi connectivity index (χ1) is 9.38. The Morgan fingerprint density at radius 2 is 2.47 bits per heavy atom. The fourth-order valence-corrected chi connectivity index (χ4v) is 3.33. The van der Waals surface area contributed by atoms with E-state index in [9.17, 15) is 0 Å². The largest absolute Gasteiger partial charge is 0.356 e. The maximum atomic E-state index is 4.25. The SMILES string of the molecule is CN=C(NCCCn1ccnc1)NCC1CCCS1. The molecule has 2 N–H and O–H groups in total. The van der Waals surface area contributed by atoms with Crippen LogP contribution in [0.5, 0.6) is 0 Å². The highest BCUT2D eigenvalue weighted by molar-refractivity contribution is 8.00. The number of hydrogen-bond donors (Lipinski definition) is 2. The molecule has 1 aliphatic heterocycles. The molecule has 1 unspecified atom stereocenters. The summed E-state index contributed by atoms with van der Waals surface area (Å²) in [7, 11) is 1.83. The van der Waals surface area contributed by atoms with Gasteiger partial charge in [-0.2, -0.15) is 11.8 Å². The lowest BCUT2D eigenvalue weighted by Gasteiger charge is -2.14. The molecule has 6 heteroatoms. The third kappa shape index (κ3) is 5.14. The van der Waals surface area contributed by atoms with Gasteiger partial charge in [-0.05, 0) is 25.0 Å². The molecule has 5 nitrogen and oxygen atoms in total. The minimum Gasteiger partial charge on any atom is -0.356 e. The number of guanidine groups is 1. The van der Waals surface area contributed by atoms with Crippen LogP contribution in [0.2, 0.25) is 0 Å². The van der Waals surface area contributed by atoms with Crippen molar-refractivity contribution in [1.29, 1.82) is 0 Å². The lowest BCUT2D eigenvalue weighted by molar-refractivity contribution is 0.623. The summed E-state index contributed by atoms with van der Waals surface area (Å²) in [6, 6.07) is 0. The Hall–Kier alpha value is -1.17. The van der Waals surface area contributed by atoms with Gasteiger partial charge >= 0.3 is 0 Å². The van der Waals surface area contributed by atoms with Gasteiger partial charge in [-0.15, -0.1) is 0 Å². The monoisotopic (exact) mass is 281 g/mol. The van der Waals surface area contributed by atoms with E-state index in [0.29, 0.717) is 0 Å². The van der Waals surface area contributed by atoms with Crippen LogP contribution in [0.15, 0.2) is 23.7 Å². The molecule has 1 aromatic rings. The number of aliphatic imine (C=N–C) groups is 1. The highest BCUT2D eigenvalue weighted by Gasteiger charge is 2.15. The molecule has 0 aliphatic carbocycles. The summed E-state index contributed by atoms with van der Waals surface area (Å²) >= 11 is 2.07. The summed E-state index contributed by atoms with van der Waals surface area (Å²) in [4.78, 5) is 8.28. The Balaban J connectivity index is 1.57. The number of imidazole rings is 1. The topological polar surface area (TPSA) is 54.2 Å². The zero-order chi connectivity index (χ0) is 13.3. The van der Waals surface area contributed by atoms with Gasteiger partial charge in [0.2, 0.25) is 0 Å². The Labute approximate surface area is 119 Å². The number of thioether (sulfide) groups is 1. The van der Waals surface area contributed by atoms with E-state index < -0.39 is 0 Å². The van der Waals surface area contributed by atoms with E-state index in [4.69, 9.17) is 0 Å². The first-order valence-corrected chi connectivity index (χ1v) is 7.95. The molecule has 1 atom stereocenters. The third-order valence-corrected chi connectivity index (χ3v) is 4.59. The van der Waals surface area contributed by atoms with Crippen LogP contribution in [0.3, 0.4) is 0 Å². The van der Waals surface area contributed by atoms with Crippen molar-refractivity contribution < 1.29 is 0 Å². The molecule has 0 bridgehead atoms. The maximum Gasteiger partial charge on any atom is 0.191 e. The Bertz CT molecular complexity index is 370. The quantitative estimate of drug-likeness (QED) is 0.469. The normalized spacial score (nSPS) is 19.6. The maximum absolute atomic E-state index is 4.25. The number of nitrogens with zero attached hydrogens (tertiary/aromatic N) is 3. The standard InChI is InChI=1S/C13H23N5S/c1-14-13(17-10-12-4-2-9-19-12)16-5-3-7-18-8-6-15-11-18/h6,8,11-12H,2-5,7,9-10H2,1H3,(H2,14,16,17). The van der Waals surface area contributed by atoms with E-state index in [1.807, 2.05) is 25.8 Å². The molecule has 106 valence electrons. The summed E-state index contributed by atoms with van der Waals surface area (Å²) in [6.07, 6.45) is 9.40. The third-order valence-electron chi connectivity index (χ3n) is 3.19. The fraction of sp³-hybridized carbons (Fsp3) is 0.692. The molecule has 1 aliphatic rings. The minimum absolute atomic E-state index is 0.754. The van der Waals surface area contributed by atoms with E-state index in [1.54, 1.807) is 0 Å². The molecular weight excluding hydrogens is 258 g/mol. The summed E-state index contributed by atoms with van der Waals surface area (Å²) in [6.45, 7) is 2.93. The van der Waals surface area contributed by atoms with Crippen molar-refractivity contribution in [2.45, 2.75) is 31.1 Å². The number of nitrogens with one attached hydrogen (secondary N) is 2. The molecule has 1 saturated heterocycles. The van der Waals surface area contributed by atoms with Crippen LogP contribution in [-0.2, 0) is 6.54 Å². The van der Waals surface area contributed by atoms with Gasteiger partial charge in [0.05, 0.1) is 6.33 Å². The zero-order valence-electron chi connectivity index (χ0n) is 11.5. The van der Waals surface area contributed by atoms with Crippen LogP contribution in [0.1, 0.15) is 19.3 Å². The van der Waals surface area contributed by atoms with Crippen molar-refractivity contribution in [3.63, 3.8) is 0 Å². The van der Waals surface area contributed by atoms with E-state index in [0.717, 1.165) is 37.3 Å². The molecule has 0 aromatic carbocycles. The predicted molar refractivity (Wildman–Crippen MR) is 81.7 cm³/mol. The fourth-order valence-electron chi connectivity index (χ4n) is 2.12. The number of rotatable bonds is 6. The van der Waals surface area contributed by atoms with Crippen molar-refractivity contribution in [2.75, 3.05) is 25.9 Å². The van der Waals surface area contributed by atoms with Gasteiger partial charge in [0.25, 0.3) is 0 Å². The first-order valence-electron chi connectivity index (χ1n) is 6.90. The van der Waals surface area contributed by atoms with E-state index in [-0.39, 0.29) is 0 Å². The summed E-state index contributed by atoms with van der Waals surface area (Å²) < 4.78 is 2.09. The molecule has 1 aromatic heterocycles. The second-order valence-corrected chi connectivity index (χ2v) is 6.08. The smallest absolute Gasteiger partial charge is 0.191 e. The molecular formula is C13H23N5S. The second kappa shape index (κ2) is 8.09. The lowest BCUT2D eigenvalue weighted by Crippen LogP contribution is -2.40. The van der Waals surface area contributed by atoms with Crippen LogP contribution >= 0.6 is 11.8 Å². The highest BCUT2D eigenvalue weighted by Crippen LogP contribution is 2.25. The molecule has 2 heterocycles. The van der Waals surface area contributed by atoms with Gasteiger partial charge < -0.3 is 15.2 Å². The average Bonchev–Trinajstić information content (AvgIpc) is 3.11. The first kappa shape index (κ1) is 14.2. The van der Waals surface area contributed by atoms with Gasteiger partial charge in [0, 0.05) is 44.3 Å². The van der Waals surface area contributed by atoms with Gasteiger partial charge in [0.15, 0.2) is 5.96 Å². The van der Waals surface area contributed by atoms with E-state index >= 15 is 0 Å². The molecule has 19 heavy (non-hydrogen) atoms. The zero-order valence-corrected chi connectivity index (χ0v) is 12.3. The summed E-state index contributed by atoms with van der Waals surface area (Å²) in [5.74, 6) is 2.22. The van der Waals surface area contributed by atoms with Crippen molar-refractivity contribution in [3.8, 4) is 0 Å². The van der Waals surface area contributed by atoms with Crippen molar-refractivity contribution in [3.05, 3.63) is 18.7 Å². The predicted octanol–water partition coefficient (Wildman–Crippen LogP) is 1.33. The van der Waals surface area contributed by atoms with Gasteiger partial charge in [-0.25, -0.2) is 4.98 Å². The Morgan fingerprint density at radius 3 is 3.16 bits per heavy atom. The van der Waals surface area contributed by atoms with Crippen molar-refractivity contribution in [1.82, 2.24) is 20.2 Å². The minimum atomic E-state index is 0.754. The van der Waals surface area contributed by atoms with Crippen molar-refractivity contribution >= 4 is 17.7 Å². The van der Waals surface area contributed by atoms with Crippen LogP contribution in [0.4, 0.5) is 0 Å². The Kier molecular flexibility index (Phi) is 6.07. The second-order valence-electron chi connectivity index (χ2n) is 4.67. The number of hydrogen-bond acceptors (Lipinski definition) is 3. The molecule has 1 fully saturated rings. The molecule has 0 amide bonds. The number of aromatic nitrogens is 2. The molecule has 0 spiro atoms. The molecule has 0 saturated carbocycles. The van der Waals surface area contributed by atoms with Gasteiger partial charge in [-0.3, -0.25) is 4.99 Å². The van der Waals surface area contributed by atoms with Crippen LogP contribution in [0, 0.1) is 0 Å². The van der Waals surface area contributed by atoms with Crippen molar-refractivity contribution in [2.24, 2.45) is 4.99 Å². The number of aryl methyl sites for hydroxylation is 1. The Morgan fingerprint density at radius 1 is 1.53 bits per heavy atom.